The Morgan fingerprint density at radius 1 is 1.18 bits per heavy atom. The Kier molecular flexibility index (Phi) is 3.43. The van der Waals surface area contributed by atoms with Crippen LogP contribution in [-0.4, -0.2) is 5.78 Å². The van der Waals surface area contributed by atoms with E-state index in [1.807, 2.05) is 38.1 Å². The second-order valence-corrected chi connectivity index (χ2v) is 5.56. The summed E-state index contributed by atoms with van der Waals surface area (Å²) in [5, 5.41) is 0. The van der Waals surface area contributed by atoms with Crippen LogP contribution in [0.3, 0.4) is 0 Å². The minimum atomic E-state index is 0.0664. The monoisotopic (exact) mass is 244 g/mol. The van der Waals surface area contributed by atoms with Gasteiger partial charge in [0.1, 0.15) is 0 Å². The van der Waals surface area contributed by atoms with Gasteiger partial charge in [0.25, 0.3) is 0 Å². The zero-order valence-electron chi connectivity index (χ0n) is 10.4. The normalized spacial score (nSPS) is 10.8. The summed E-state index contributed by atoms with van der Waals surface area (Å²) in [4.78, 5) is 14.0. The summed E-state index contributed by atoms with van der Waals surface area (Å²) in [6, 6.07) is 12.2. The summed E-state index contributed by atoms with van der Waals surface area (Å²) in [5.41, 5.74) is 2.38. The maximum Gasteiger partial charge on any atom is 0.175 e. The van der Waals surface area contributed by atoms with Crippen molar-refractivity contribution in [2.24, 2.45) is 5.92 Å². The van der Waals surface area contributed by atoms with E-state index in [1.54, 1.807) is 11.3 Å². The molecular weight excluding hydrogens is 228 g/mol. The van der Waals surface area contributed by atoms with Crippen LogP contribution in [0.1, 0.15) is 29.1 Å². The van der Waals surface area contributed by atoms with Crippen molar-refractivity contribution in [3.63, 3.8) is 0 Å². The van der Waals surface area contributed by atoms with E-state index in [9.17, 15) is 4.79 Å². The number of hydrogen-bond acceptors (Lipinski definition) is 2. The molecule has 0 radical (unpaired) electrons. The number of aryl methyl sites for hydroxylation is 1. The van der Waals surface area contributed by atoms with Gasteiger partial charge in [-0.1, -0.05) is 44.2 Å². The summed E-state index contributed by atoms with van der Waals surface area (Å²) in [6.45, 7) is 5.95. The summed E-state index contributed by atoms with van der Waals surface area (Å²) in [6.07, 6.45) is 0. The Balaban J connectivity index is 2.42. The number of thiophene rings is 1. The van der Waals surface area contributed by atoms with E-state index in [0.29, 0.717) is 0 Å². The second-order valence-electron chi connectivity index (χ2n) is 4.51. The molecule has 2 heteroatoms. The van der Waals surface area contributed by atoms with E-state index in [1.165, 1.54) is 16.0 Å². The first-order valence-corrected chi connectivity index (χ1v) is 6.61. The molecule has 1 heterocycles. The molecule has 0 unspecified atom stereocenters. The standard InChI is InChI=1S/C15H16OS/c1-10(2)14(16)13-9-11(3)15(17-13)12-7-5-4-6-8-12/h4-10H,1-3H3. The van der Waals surface area contributed by atoms with E-state index < -0.39 is 0 Å². The molecule has 2 rings (SSSR count). The number of hydrogen-bond donors (Lipinski definition) is 0. The largest absolute Gasteiger partial charge is 0.293 e. The molecule has 0 atom stereocenters. The number of rotatable bonds is 3. The minimum absolute atomic E-state index is 0.0664. The molecule has 0 spiro atoms. The Labute approximate surface area is 106 Å². The highest BCUT2D eigenvalue weighted by Gasteiger charge is 2.15. The maximum absolute atomic E-state index is 12.0. The molecule has 0 aliphatic rings. The van der Waals surface area contributed by atoms with Crippen LogP contribution in [0.4, 0.5) is 0 Å². The minimum Gasteiger partial charge on any atom is -0.293 e. The van der Waals surface area contributed by atoms with E-state index >= 15 is 0 Å². The van der Waals surface area contributed by atoms with Crippen LogP contribution < -0.4 is 0 Å². The zero-order valence-corrected chi connectivity index (χ0v) is 11.2. The lowest BCUT2D eigenvalue weighted by Crippen LogP contribution is -2.04. The van der Waals surface area contributed by atoms with Gasteiger partial charge in [-0.3, -0.25) is 4.79 Å². The van der Waals surface area contributed by atoms with Crippen molar-refractivity contribution in [2.45, 2.75) is 20.8 Å². The molecule has 0 amide bonds. The molecule has 88 valence electrons. The van der Waals surface area contributed by atoms with Crippen molar-refractivity contribution in [3.8, 4) is 10.4 Å². The van der Waals surface area contributed by atoms with Crippen molar-refractivity contribution < 1.29 is 4.79 Å². The number of carbonyl (C=O) groups is 1. The van der Waals surface area contributed by atoms with Crippen LogP contribution in [0.2, 0.25) is 0 Å². The van der Waals surface area contributed by atoms with Crippen LogP contribution in [0, 0.1) is 12.8 Å². The molecule has 0 aliphatic carbocycles. The molecule has 0 N–H and O–H groups in total. The smallest absolute Gasteiger partial charge is 0.175 e. The molecule has 1 aromatic heterocycles. The van der Waals surface area contributed by atoms with Crippen molar-refractivity contribution in [1.82, 2.24) is 0 Å². The van der Waals surface area contributed by atoms with Crippen LogP contribution in [0.5, 0.6) is 0 Å². The lowest BCUT2D eigenvalue weighted by molar-refractivity contribution is 0.0943. The lowest BCUT2D eigenvalue weighted by Gasteiger charge is -1.99. The van der Waals surface area contributed by atoms with Crippen molar-refractivity contribution in [3.05, 3.63) is 46.8 Å². The summed E-state index contributed by atoms with van der Waals surface area (Å²) in [5.74, 6) is 0.303. The fourth-order valence-electron chi connectivity index (χ4n) is 1.76. The number of benzene rings is 1. The van der Waals surface area contributed by atoms with Gasteiger partial charge in [-0.05, 0) is 24.1 Å². The van der Waals surface area contributed by atoms with E-state index in [0.717, 1.165) is 4.88 Å². The predicted octanol–water partition coefficient (Wildman–Crippen LogP) is 4.56. The van der Waals surface area contributed by atoms with Gasteiger partial charge in [0.2, 0.25) is 0 Å². The van der Waals surface area contributed by atoms with E-state index in [4.69, 9.17) is 0 Å². The molecule has 17 heavy (non-hydrogen) atoms. The van der Waals surface area contributed by atoms with Gasteiger partial charge in [-0.25, -0.2) is 0 Å². The molecule has 0 aliphatic heterocycles. The van der Waals surface area contributed by atoms with Crippen molar-refractivity contribution in [1.29, 1.82) is 0 Å². The Hall–Kier alpha value is -1.41. The average Bonchev–Trinajstić information content (AvgIpc) is 2.71. The summed E-state index contributed by atoms with van der Waals surface area (Å²) < 4.78 is 0. The lowest BCUT2D eigenvalue weighted by atomic mass is 10.1. The second kappa shape index (κ2) is 4.84. The first kappa shape index (κ1) is 12.1. The third-order valence-corrected chi connectivity index (χ3v) is 4.02. The van der Waals surface area contributed by atoms with Crippen LogP contribution in [0.25, 0.3) is 10.4 Å². The van der Waals surface area contributed by atoms with Crippen molar-refractivity contribution >= 4 is 17.1 Å². The molecule has 0 bridgehead atoms. The molecule has 0 saturated heterocycles. The van der Waals surface area contributed by atoms with Gasteiger partial charge in [-0.2, -0.15) is 0 Å². The molecule has 1 aromatic carbocycles. The highest BCUT2D eigenvalue weighted by atomic mass is 32.1. The quantitative estimate of drug-likeness (QED) is 0.723. The molecular formula is C15H16OS. The van der Waals surface area contributed by atoms with Gasteiger partial charge in [0.05, 0.1) is 4.88 Å². The van der Waals surface area contributed by atoms with E-state index in [2.05, 4.69) is 19.1 Å². The maximum atomic E-state index is 12.0. The Morgan fingerprint density at radius 2 is 1.82 bits per heavy atom. The van der Waals surface area contributed by atoms with Gasteiger partial charge >= 0.3 is 0 Å². The number of Topliss-reactive ketones (excluding diaryl/α,β-unsaturated/α-hetero) is 1. The molecule has 2 aromatic rings. The molecule has 0 saturated carbocycles. The fourth-order valence-corrected chi connectivity index (χ4v) is 3.03. The third kappa shape index (κ3) is 2.47. The molecule has 0 fully saturated rings. The molecule has 1 nitrogen and oxygen atoms in total. The fraction of sp³-hybridized carbons (Fsp3) is 0.267. The highest BCUT2D eigenvalue weighted by molar-refractivity contribution is 7.17. The first-order chi connectivity index (χ1) is 8.09. The topological polar surface area (TPSA) is 17.1 Å². The predicted molar refractivity (Wildman–Crippen MR) is 73.7 cm³/mol. The average molecular weight is 244 g/mol. The van der Waals surface area contributed by atoms with Gasteiger partial charge in [0, 0.05) is 10.8 Å². The van der Waals surface area contributed by atoms with Crippen LogP contribution in [-0.2, 0) is 0 Å². The summed E-state index contributed by atoms with van der Waals surface area (Å²) >= 11 is 1.60. The summed E-state index contributed by atoms with van der Waals surface area (Å²) in [7, 11) is 0. The first-order valence-electron chi connectivity index (χ1n) is 5.79. The van der Waals surface area contributed by atoms with Gasteiger partial charge < -0.3 is 0 Å². The Bertz CT molecular complexity index is 523. The van der Waals surface area contributed by atoms with Crippen LogP contribution in [0.15, 0.2) is 36.4 Å². The van der Waals surface area contributed by atoms with Crippen molar-refractivity contribution in [2.75, 3.05) is 0 Å². The number of ketones is 1. The SMILES string of the molecule is Cc1cc(C(=O)C(C)C)sc1-c1ccccc1. The van der Waals surface area contributed by atoms with E-state index in [-0.39, 0.29) is 11.7 Å². The third-order valence-electron chi connectivity index (χ3n) is 2.72. The highest BCUT2D eigenvalue weighted by Crippen LogP contribution is 2.33. The zero-order chi connectivity index (χ0) is 12.4. The van der Waals surface area contributed by atoms with Gasteiger partial charge in [0.15, 0.2) is 5.78 Å². The van der Waals surface area contributed by atoms with Gasteiger partial charge in [-0.15, -0.1) is 11.3 Å². The Morgan fingerprint density at radius 3 is 2.41 bits per heavy atom. The van der Waals surface area contributed by atoms with Crippen LogP contribution >= 0.6 is 11.3 Å². The number of carbonyl (C=O) groups excluding carboxylic acids is 1.